The molecular formula is C16H27N3O7. The summed E-state index contributed by atoms with van der Waals surface area (Å²) < 4.78 is 0. The first-order valence-electron chi connectivity index (χ1n) is 8.38. The van der Waals surface area contributed by atoms with Crippen LogP contribution in [0.15, 0.2) is 12.4 Å². The minimum atomic E-state index is -1.63. The molecule has 0 saturated heterocycles. The lowest BCUT2D eigenvalue weighted by molar-refractivity contribution is -0.123. The van der Waals surface area contributed by atoms with Gasteiger partial charge in [-0.3, -0.25) is 14.8 Å². The van der Waals surface area contributed by atoms with Crippen LogP contribution in [0.1, 0.15) is 37.3 Å². The Bertz CT molecular complexity index is 543. The molecule has 26 heavy (non-hydrogen) atoms. The predicted octanol–water partition coefficient (Wildman–Crippen LogP) is -2.60. The Labute approximate surface area is 151 Å². The van der Waals surface area contributed by atoms with Gasteiger partial charge in [0.25, 0.3) is 0 Å². The van der Waals surface area contributed by atoms with Crippen molar-refractivity contribution in [1.82, 2.24) is 15.3 Å². The molecule has 0 aliphatic rings. The second kappa shape index (κ2) is 11.1. The average molecular weight is 373 g/mol. The van der Waals surface area contributed by atoms with Crippen LogP contribution in [-0.2, 0) is 11.2 Å². The highest BCUT2D eigenvalue weighted by molar-refractivity contribution is 5.76. The zero-order chi connectivity index (χ0) is 19.7. The summed E-state index contributed by atoms with van der Waals surface area (Å²) in [5, 5.41) is 59.7. The molecule has 0 aliphatic carbocycles. The quantitative estimate of drug-likeness (QED) is 0.219. The number of hydrogen-bond acceptors (Lipinski definition) is 9. The van der Waals surface area contributed by atoms with Gasteiger partial charge in [0.05, 0.1) is 42.9 Å². The molecule has 0 radical (unpaired) electrons. The molecule has 5 atom stereocenters. The molecule has 1 heterocycles. The molecule has 0 bridgehead atoms. The van der Waals surface area contributed by atoms with Gasteiger partial charge in [0.2, 0.25) is 5.91 Å². The molecule has 1 aromatic heterocycles. The van der Waals surface area contributed by atoms with Crippen LogP contribution in [0.3, 0.4) is 0 Å². The van der Waals surface area contributed by atoms with Crippen molar-refractivity contribution in [3.8, 4) is 0 Å². The number of hydrogen-bond donors (Lipinski definition) is 7. The molecule has 0 aliphatic heterocycles. The standard InChI is InChI=1S/C16H27N3O7/c1-2-3-14(24)19-11(7-20)12(22)4-9-5-18-10(6-17-9)15(25)16(26)13(23)8-21/h5-6,11-13,15-16,20-23,25-26H,2-4,7-8H2,1H3,(H,19,24)/t11-,12+,13+,15+,16+/m0/s1. The van der Waals surface area contributed by atoms with Crippen LogP contribution >= 0.6 is 0 Å². The Hall–Kier alpha value is -1.69. The van der Waals surface area contributed by atoms with Gasteiger partial charge in [-0.15, -0.1) is 0 Å². The first-order valence-corrected chi connectivity index (χ1v) is 8.38. The van der Waals surface area contributed by atoms with E-state index in [0.29, 0.717) is 12.1 Å². The van der Waals surface area contributed by atoms with E-state index >= 15 is 0 Å². The van der Waals surface area contributed by atoms with Crippen LogP contribution < -0.4 is 5.32 Å². The zero-order valence-electron chi connectivity index (χ0n) is 14.6. The Morgan fingerprint density at radius 1 is 1.08 bits per heavy atom. The van der Waals surface area contributed by atoms with Gasteiger partial charge in [-0.2, -0.15) is 0 Å². The number of amides is 1. The van der Waals surface area contributed by atoms with Crippen molar-refractivity contribution >= 4 is 5.91 Å². The fourth-order valence-corrected chi connectivity index (χ4v) is 2.24. The number of aliphatic hydroxyl groups is 6. The van der Waals surface area contributed by atoms with Crippen LogP contribution in [0.4, 0.5) is 0 Å². The van der Waals surface area contributed by atoms with Crippen LogP contribution in [0.5, 0.6) is 0 Å². The molecule has 148 valence electrons. The maximum atomic E-state index is 11.6. The first-order chi connectivity index (χ1) is 12.3. The van der Waals surface area contributed by atoms with E-state index in [1.165, 1.54) is 12.4 Å². The second-order valence-corrected chi connectivity index (χ2v) is 6.00. The third kappa shape index (κ3) is 6.56. The summed E-state index contributed by atoms with van der Waals surface area (Å²) in [6, 6.07) is -0.845. The van der Waals surface area contributed by atoms with Crippen molar-refractivity contribution in [2.45, 2.75) is 56.6 Å². The average Bonchev–Trinajstić information content (AvgIpc) is 2.64. The maximum absolute atomic E-state index is 11.6. The molecule has 0 fully saturated rings. The zero-order valence-corrected chi connectivity index (χ0v) is 14.6. The number of nitrogens with one attached hydrogen (secondary N) is 1. The third-order valence-electron chi connectivity index (χ3n) is 3.84. The SMILES string of the molecule is CCCC(=O)N[C@@H](CO)[C@H](O)Cc1cnc([C@@H](O)[C@H](O)[C@H](O)CO)cn1. The van der Waals surface area contributed by atoms with Crippen molar-refractivity contribution in [3.05, 3.63) is 23.8 Å². The van der Waals surface area contributed by atoms with E-state index in [4.69, 9.17) is 5.11 Å². The van der Waals surface area contributed by atoms with Gasteiger partial charge in [0.1, 0.15) is 18.3 Å². The third-order valence-corrected chi connectivity index (χ3v) is 3.84. The monoisotopic (exact) mass is 373 g/mol. The van der Waals surface area contributed by atoms with Crippen LogP contribution in [0, 0.1) is 0 Å². The van der Waals surface area contributed by atoms with Gasteiger partial charge in [-0.05, 0) is 6.42 Å². The van der Waals surface area contributed by atoms with Gasteiger partial charge in [0, 0.05) is 19.0 Å². The highest BCUT2D eigenvalue weighted by Gasteiger charge is 2.27. The summed E-state index contributed by atoms with van der Waals surface area (Å²) in [5.74, 6) is -0.272. The smallest absolute Gasteiger partial charge is 0.220 e. The number of rotatable bonds is 11. The predicted molar refractivity (Wildman–Crippen MR) is 89.7 cm³/mol. The van der Waals surface area contributed by atoms with E-state index in [9.17, 15) is 30.3 Å². The lowest BCUT2D eigenvalue weighted by Crippen LogP contribution is -2.46. The molecule has 10 nitrogen and oxygen atoms in total. The van der Waals surface area contributed by atoms with Crippen LogP contribution in [-0.4, -0.2) is 84.1 Å². The number of carbonyl (C=O) groups excluding carboxylic acids is 1. The summed E-state index contributed by atoms with van der Waals surface area (Å²) in [6.07, 6.45) is -2.41. The lowest BCUT2D eigenvalue weighted by Gasteiger charge is -2.22. The summed E-state index contributed by atoms with van der Waals surface area (Å²) in [6.45, 7) is 0.681. The molecule has 0 spiro atoms. The molecule has 0 saturated carbocycles. The second-order valence-electron chi connectivity index (χ2n) is 6.00. The molecular weight excluding hydrogens is 346 g/mol. The highest BCUT2D eigenvalue weighted by Crippen LogP contribution is 2.16. The number of nitrogens with zero attached hydrogens (tertiary/aromatic N) is 2. The van der Waals surface area contributed by atoms with Gasteiger partial charge in [-0.25, -0.2) is 0 Å². The van der Waals surface area contributed by atoms with E-state index in [-0.39, 0.29) is 24.4 Å². The van der Waals surface area contributed by atoms with E-state index in [1.807, 2.05) is 6.92 Å². The molecule has 0 aromatic carbocycles. The minimum Gasteiger partial charge on any atom is -0.394 e. The molecule has 7 N–H and O–H groups in total. The van der Waals surface area contributed by atoms with Crippen LogP contribution in [0.25, 0.3) is 0 Å². The topological polar surface area (TPSA) is 176 Å². The van der Waals surface area contributed by atoms with Crippen molar-refractivity contribution in [2.24, 2.45) is 0 Å². The Morgan fingerprint density at radius 3 is 2.27 bits per heavy atom. The summed E-state index contributed by atoms with van der Waals surface area (Å²) >= 11 is 0. The minimum absolute atomic E-state index is 0.00280. The van der Waals surface area contributed by atoms with E-state index < -0.39 is 43.7 Å². The molecule has 1 rings (SSSR count). The van der Waals surface area contributed by atoms with Gasteiger partial charge in [-0.1, -0.05) is 6.92 Å². The van der Waals surface area contributed by atoms with Crippen molar-refractivity contribution in [1.29, 1.82) is 0 Å². The number of carbonyl (C=O) groups is 1. The van der Waals surface area contributed by atoms with Crippen molar-refractivity contribution < 1.29 is 35.4 Å². The molecule has 1 aromatic rings. The maximum Gasteiger partial charge on any atom is 0.220 e. The van der Waals surface area contributed by atoms with Crippen molar-refractivity contribution in [2.75, 3.05) is 13.2 Å². The lowest BCUT2D eigenvalue weighted by atomic mass is 10.0. The number of aliphatic hydroxyl groups excluding tert-OH is 6. The molecule has 10 heteroatoms. The van der Waals surface area contributed by atoms with Gasteiger partial charge < -0.3 is 36.0 Å². The Balaban J connectivity index is 2.69. The molecule has 0 unspecified atom stereocenters. The van der Waals surface area contributed by atoms with E-state index in [1.54, 1.807) is 0 Å². The summed E-state index contributed by atoms with van der Waals surface area (Å²) in [4.78, 5) is 19.5. The first kappa shape index (κ1) is 22.4. The summed E-state index contributed by atoms with van der Waals surface area (Å²) in [7, 11) is 0. The normalized spacial score (nSPS) is 17.2. The van der Waals surface area contributed by atoms with Gasteiger partial charge >= 0.3 is 0 Å². The van der Waals surface area contributed by atoms with E-state index in [0.717, 1.165) is 0 Å². The largest absolute Gasteiger partial charge is 0.394 e. The highest BCUT2D eigenvalue weighted by atomic mass is 16.4. The van der Waals surface area contributed by atoms with Crippen LogP contribution in [0.2, 0.25) is 0 Å². The number of aromatic nitrogens is 2. The fourth-order valence-electron chi connectivity index (χ4n) is 2.24. The van der Waals surface area contributed by atoms with Gasteiger partial charge in [0.15, 0.2) is 0 Å². The fraction of sp³-hybridized carbons (Fsp3) is 0.688. The summed E-state index contributed by atoms with van der Waals surface area (Å²) in [5.41, 5.74) is 0.326. The molecule has 1 amide bonds. The Kier molecular flexibility index (Phi) is 9.55. The van der Waals surface area contributed by atoms with E-state index in [2.05, 4.69) is 15.3 Å². The Morgan fingerprint density at radius 2 is 1.77 bits per heavy atom. The van der Waals surface area contributed by atoms with Crippen molar-refractivity contribution in [3.63, 3.8) is 0 Å².